The molecule has 10 heteroatoms. The van der Waals surface area contributed by atoms with Gasteiger partial charge in [0.25, 0.3) is 5.91 Å². The number of ether oxygens (including phenoxy) is 1. The van der Waals surface area contributed by atoms with Crippen molar-refractivity contribution >= 4 is 67.2 Å². The first kappa shape index (κ1) is 25.1. The second-order valence-corrected chi connectivity index (χ2v) is 9.57. The summed E-state index contributed by atoms with van der Waals surface area (Å²) in [5, 5.41) is 5.08. The monoisotopic (exact) mass is 500 g/mol. The van der Waals surface area contributed by atoms with E-state index in [9.17, 15) is 13.2 Å². The van der Waals surface area contributed by atoms with Gasteiger partial charge in [0.05, 0.1) is 47.0 Å². The topological polar surface area (TPSA) is 101 Å². The number of methoxy groups -OCH3 is 1. The summed E-state index contributed by atoms with van der Waals surface area (Å²) in [7, 11) is 1.51. The number of rotatable bonds is 6. The lowest BCUT2D eigenvalue weighted by Crippen LogP contribution is -2.22. The minimum atomic E-state index is -3.42. The lowest BCUT2D eigenvalue weighted by molar-refractivity contribution is 0.0829. The van der Waals surface area contributed by atoms with Crippen molar-refractivity contribution in [3.8, 4) is 5.75 Å². The third-order valence-corrected chi connectivity index (χ3v) is 5.72. The van der Waals surface area contributed by atoms with E-state index in [1.54, 1.807) is 38.4 Å². The highest BCUT2D eigenvalue weighted by atomic mass is 35.5. The number of nitrogens with zero attached hydrogens (tertiary/aromatic N) is 2. The van der Waals surface area contributed by atoms with Crippen molar-refractivity contribution in [1.29, 1.82) is 0 Å². The summed E-state index contributed by atoms with van der Waals surface area (Å²) in [6, 6.07) is 18.2. The van der Waals surface area contributed by atoms with Gasteiger partial charge in [0.15, 0.2) is 0 Å². The van der Waals surface area contributed by atoms with Gasteiger partial charge in [-0.2, -0.15) is 0 Å². The van der Waals surface area contributed by atoms with E-state index >= 15 is 0 Å². The molecule has 0 saturated heterocycles. The molecule has 0 unspecified atom stereocenters. The molecule has 4 aromatic rings. The number of hydrogen-bond donors (Lipinski definition) is 2. The van der Waals surface area contributed by atoms with E-state index in [0.29, 0.717) is 28.2 Å². The maximum atomic E-state index is 12.8. The molecule has 0 aliphatic heterocycles. The zero-order chi connectivity index (χ0) is 23.8. The highest BCUT2D eigenvalue weighted by Gasteiger charge is 2.18. The zero-order valence-corrected chi connectivity index (χ0v) is 20.8. The van der Waals surface area contributed by atoms with Crippen LogP contribution in [0.5, 0.6) is 5.75 Å². The predicted octanol–water partition coefficient (Wildman–Crippen LogP) is 4.64. The fraction of sp³-hybridized carbons (Fsp3) is 0.167. The molecule has 178 valence electrons. The van der Waals surface area contributed by atoms with Crippen molar-refractivity contribution in [2.75, 3.05) is 37.5 Å². The van der Waals surface area contributed by atoms with Crippen molar-refractivity contribution in [3.05, 3.63) is 66.2 Å². The Hall–Kier alpha value is -3.56. The lowest BCUT2D eigenvalue weighted by Gasteiger charge is -2.18. The third-order valence-electron chi connectivity index (χ3n) is 5.11. The summed E-state index contributed by atoms with van der Waals surface area (Å²) < 4.78 is 31.2. The van der Waals surface area contributed by atoms with E-state index in [1.807, 2.05) is 36.4 Å². The minimum Gasteiger partial charge on any atom is -0.494 e. The smallest absolute Gasteiger partial charge is 0.255 e. The summed E-state index contributed by atoms with van der Waals surface area (Å²) in [6.45, 7) is 0. The Labute approximate surface area is 204 Å². The first-order valence-corrected chi connectivity index (χ1v) is 12.0. The van der Waals surface area contributed by atoms with E-state index in [4.69, 9.17) is 9.72 Å². The molecule has 0 bridgehead atoms. The minimum absolute atomic E-state index is 0. The number of benzene rings is 3. The number of amides is 1. The number of hydrogen-bond acceptors (Lipinski definition) is 6. The normalized spacial score (nSPS) is 11.1. The standard InChI is InChI=1S/C24H24N4O4S.ClH/c1-28(2)24(29)18-10-7-9-17-22(16-8-5-6-11-19(16)25-23(17)18)26-20-13-12-15(14-21(20)32-3)27-33(4,30)31;/h5-14,27H,1-4H3,(H,25,26);1H. The van der Waals surface area contributed by atoms with Gasteiger partial charge in [0.1, 0.15) is 5.75 Å². The number of carbonyl (C=O) groups excluding carboxylic acids is 1. The summed E-state index contributed by atoms with van der Waals surface area (Å²) in [4.78, 5) is 19.1. The fourth-order valence-electron chi connectivity index (χ4n) is 3.67. The largest absolute Gasteiger partial charge is 0.494 e. The van der Waals surface area contributed by atoms with Gasteiger partial charge in [0.2, 0.25) is 10.0 Å². The van der Waals surface area contributed by atoms with Crippen LogP contribution in [-0.4, -0.2) is 51.7 Å². The first-order valence-electron chi connectivity index (χ1n) is 10.1. The maximum absolute atomic E-state index is 12.8. The number of halogens is 1. The highest BCUT2D eigenvalue weighted by molar-refractivity contribution is 7.92. The van der Waals surface area contributed by atoms with Crippen LogP contribution in [0.2, 0.25) is 0 Å². The van der Waals surface area contributed by atoms with Crippen LogP contribution >= 0.6 is 12.4 Å². The maximum Gasteiger partial charge on any atom is 0.255 e. The summed E-state index contributed by atoms with van der Waals surface area (Å²) in [6.07, 6.45) is 1.09. The Morgan fingerprint density at radius 1 is 1.00 bits per heavy atom. The van der Waals surface area contributed by atoms with Gasteiger partial charge < -0.3 is 15.0 Å². The molecule has 4 rings (SSSR count). The number of nitrogens with one attached hydrogen (secondary N) is 2. The van der Waals surface area contributed by atoms with Crippen LogP contribution in [0.3, 0.4) is 0 Å². The van der Waals surface area contributed by atoms with Crippen LogP contribution in [0.25, 0.3) is 21.8 Å². The number of anilines is 3. The molecule has 1 heterocycles. The molecular formula is C24H25ClN4O4S. The Kier molecular flexibility index (Phi) is 7.18. The molecule has 0 aliphatic carbocycles. The van der Waals surface area contributed by atoms with Crippen molar-refractivity contribution in [2.45, 2.75) is 0 Å². The van der Waals surface area contributed by atoms with Crippen LogP contribution in [0.4, 0.5) is 17.1 Å². The molecular weight excluding hydrogens is 476 g/mol. The quantitative estimate of drug-likeness (QED) is 0.374. The molecule has 0 saturated carbocycles. The van der Waals surface area contributed by atoms with E-state index in [-0.39, 0.29) is 18.3 Å². The molecule has 1 aromatic heterocycles. The molecule has 3 aromatic carbocycles. The molecule has 0 atom stereocenters. The van der Waals surface area contributed by atoms with Crippen LogP contribution in [0.1, 0.15) is 10.4 Å². The molecule has 1 amide bonds. The fourth-order valence-corrected chi connectivity index (χ4v) is 4.22. The summed E-state index contributed by atoms with van der Waals surface area (Å²) >= 11 is 0. The van der Waals surface area contributed by atoms with Gasteiger partial charge in [-0.15, -0.1) is 12.4 Å². The number of pyridine rings is 1. The molecule has 34 heavy (non-hydrogen) atoms. The highest BCUT2D eigenvalue weighted by Crippen LogP contribution is 2.38. The van der Waals surface area contributed by atoms with E-state index in [2.05, 4.69) is 10.0 Å². The van der Waals surface area contributed by atoms with Gasteiger partial charge in [-0.25, -0.2) is 13.4 Å². The molecule has 2 N–H and O–H groups in total. The van der Waals surface area contributed by atoms with Gasteiger partial charge in [0, 0.05) is 30.9 Å². The molecule has 0 spiro atoms. The van der Waals surface area contributed by atoms with Crippen molar-refractivity contribution in [2.24, 2.45) is 0 Å². The number of aromatic nitrogens is 1. The second kappa shape index (κ2) is 9.74. The van der Waals surface area contributed by atoms with E-state index in [0.717, 1.165) is 28.2 Å². The average molecular weight is 501 g/mol. The van der Waals surface area contributed by atoms with Crippen molar-refractivity contribution in [3.63, 3.8) is 0 Å². The zero-order valence-electron chi connectivity index (χ0n) is 19.1. The number of carbonyl (C=O) groups is 1. The van der Waals surface area contributed by atoms with Gasteiger partial charge in [-0.1, -0.05) is 30.3 Å². The lowest BCUT2D eigenvalue weighted by atomic mass is 10.0. The van der Waals surface area contributed by atoms with Crippen LogP contribution in [-0.2, 0) is 10.0 Å². The van der Waals surface area contributed by atoms with Gasteiger partial charge in [-0.05, 0) is 24.3 Å². The first-order chi connectivity index (χ1) is 15.7. The van der Waals surface area contributed by atoms with Crippen LogP contribution in [0.15, 0.2) is 60.7 Å². The Morgan fingerprint density at radius 2 is 1.71 bits per heavy atom. The van der Waals surface area contributed by atoms with Crippen molar-refractivity contribution < 1.29 is 17.9 Å². The summed E-state index contributed by atoms with van der Waals surface area (Å²) in [5.41, 5.74) is 3.63. The molecule has 0 radical (unpaired) electrons. The van der Waals surface area contributed by atoms with Crippen molar-refractivity contribution in [1.82, 2.24) is 9.88 Å². The molecule has 8 nitrogen and oxygen atoms in total. The second-order valence-electron chi connectivity index (χ2n) is 7.82. The number of fused-ring (bicyclic) bond motifs is 2. The van der Waals surface area contributed by atoms with E-state index < -0.39 is 10.0 Å². The number of para-hydroxylation sites is 2. The van der Waals surface area contributed by atoms with Gasteiger partial charge >= 0.3 is 0 Å². The van der Waals surface area contributed by atoms with Crippen LogP contribution < -0.4 is 14.8 Å². The van der Waals surface area contributed by atoms with E-state index in [1.165, 1.54) is 12.0 Å². The summed E-state index contributed by atoms with van der Waals surface area (Å²) in [5.74, 6) is 0.321. The Morgan fingerprint density at radius 3 is 2.38 bits per heavy atom. The third kappa shape index (κ3) is 5.00. The SMILES string of the molecule is COc1cc(NS(C)(=O)=O)ccc1Nc1c2ccccc2nc2c(C(=O)N(C)C)cccc12.Cl. The Bertz CT molecular complexity index is 1490. The van der Waals surface area contributed by atoms with Gasteiger partial charge in [-0.3, -0.25) is 9.52 Å². The average Bonchev–Trinajstić information content (AvgIpc) is 2.77. The predicted molar refractivity (Wildman–Crippen MR) is 139 cm³/mol. The Balaban J connectivity index is 0.00000324. The number of sulfonamides is 1. The molecule has 0 aliphatic rings. The molecule has 0 fully saturated rings. The van der Waals surface area contributed by atoms with Crippen LogP contribution in [0, 0.1) is 0 Å².